The fourth-order valence-corrected chi connectivity index (χ4v) is 4.01. The highest BCUT2D eigenvalue weighted by molar-refractivity contribution is 6.43. The van der Waals surface area contributed by atoms with Gasteiger partial charge in [-0.15, -0.1) is 0 Å². The maximum Gasteiger partial charge on any atom is 0.266 e. The van der Waals surface area contributed by atoms with Crippen molar-refractivity contribution in [2.24, 2.45) is 5.73 Å². The maximum atomic E-state index is 11.9. The summed E-state index contributed by atoms with van der Waals surface area (Å²) in [6.07, 6.45) is 1.05. The molecule has 0 radical (unpaired) electrons. The number of ether oxygens (including phenoxy) is 1. The Bertz CT molecular complexity index is 1060. The first kappa shape index (κ1) is 25.8. The molecule has 0 bridgehead atoms. The number of anilines is 3. The van der Waals surface area contributed by atoms with Crippen molar-refractivity contribution in [1.29, 1.82) is 5.41 Å². The Balaban J connectivity index is 1.72. The smallest absolute Gasteiger partial charge is 0.266 e. The fraction of sp³-hybridized carbons (Fsp3) is 0.346. The fourth-order valence-electron chi connectivity index (χ4n) is 4.01. The van der Waals surface area contributed by atoms with Gasteiger partial charge in [0, 0.05) is 61.1 Å². The van der Waals surface area contributed by atoms with E-state index in [2.05, 4.69) is 22.2 Å². The lowest BCUT2D eigenvalue weighted by Crippen LogP contribution is -2.44. The molecule has 9 nitrogen and oxygen atoms in total. The molecule has 1 aliphatic rings. The number of hydrogen-bond donors (Lipinski definition) is 3. The van der Waals surface area contributed by atoms with Gasteiger partial charge >= 0.3 is 0 Å². The number of carbonyl (C=O) groups is 2. The highest BCUT2D eigenvalue weighted by Crippen LogP contribution is 2.23. The molecule has 9 heteroatoms. The molecule has 1 fully saturated rings. The highest BCUT2D eigenvalue weighted by atomic mass is 16.5. The lowest BCUT2D eigenvalue weighted by Gasteiger charge is -2.34. The standard InChI is InChI=1S/C26H34N6O3/c1-19(29-20-4-10-23(35-3)11-5-20)24(25(27)26(28)34)12-13-32(18-33)22-8-6-21(7-9-22)31-16-14-30(2)15-17-31/h4-11,18,27,29H,12-17H2,1-3H3,(H2,28,34)/b24-19-,27-25?. The third-order valence-electron chi connectivity index (χ3n) is 6.20. The van der Waals surface area contributed by atoms with Crippen LogP contribution in [0.1, 0.15) is 13.3 Å². The van der Waals surface area contributed by atoms with Gasteiger partial charge in [-0.2, -0.15) is 0 Å². The van der Waals surface area contributed by atoms with Gasteiger partial charge in [0.25, 0.3) is 5.91 Å². The summed E-state index contributed by atoms with van der Waals surface area (Å²) in [5.74, 6) is -0.0902. The van der Waals surface area contributed by atoms with Crippen molar-refractivity contribution in [1.82, 2.24) is 4.90 Å². The molecule has 0 spiro atoms. The molecule has 1 heterocycles. The van der Waals surface area contributed by atoms with Crippen LogP contribution in [-0.2, 0) is 9.59 Å². The topological polar surface area (TPSA) is 115 Å². The number of rotatable bonds is 11. The summed E-state index contributed by atoms with van der Waals surface area (Å²) in [6, 6.07) is 15.2. The Morgan fingerprint density at radius 2 is 1.74 bits per heavy atom. The number of methoxy groups -OCH3 is 1. The van der Waals surface area contributed by atoms with E-state index in [4.69, 9.17) is 15.9 Å². The van der Waals surface area contributed by atoms with Crippen LogP contribution in [-0.4, -0.2) is 69.8 Å². The van der Waals surface area contributed by atoms with E-state index < -0.39 is 5.91 Å². The Morgan fingerprint density at radius 3 is 2.29 bits per heavy atom. The van der Waals surface area contributed by atoms with Gasteiger partial charge in [-0.05, 0) is 68.9 Å². The zero-order chi connectivity index (χ0) is 25.4. The molecule has 2 amide bonds. The number of hydrogen-bond acceptors (Lipinski definition) is 7. The summed E-state index contributed by atoms with van der Waals surface area (Å²) < 4.78 is 5.18. The zero-order valence-corrected chi connectivity index (χ0v) is 20.6. The Labute approximate surface area is 206 Å². The SMILES string of the molecule is COc1ccc(N/C(C)=C(/CCN(C=O)c2ccc(N3CCN(C)CC3)cc2)C(=N)C(N)=O)cc1. The van der Waals surface area contributed by atoms with Gasteiger partial charge in [-0.1, -0.05) is 0 Å². The number of nitrogens with two attached hydrogens (primary N) is 1. The number of nitrogens with zero attached hydrogens (tertiary/aromatic N) is 3. The van der Waals surface area contributed by atoms with Crippen LogP contribution in [0.3, 0.4) is 0 Å². The molecule has 4 N–H and O–H groups in total. The second kappa shape index (κ2) is 12.0. The summed E-state index contributed by atoms with van der Waals surface area (Å²) in [6.45, 7) is 6.06. The Morgan fingerprint density at radius 1 is 1.11 bits per heavy atom. The van der Waals surface area contributed by atoms with E-state index in [9.17, 15) is 9.59 Å². The van der Waals surface area contributed by atoms with Gasteiger partial charge in [-0.25, -0.2) is 0 Å². The summed E-state index contributed by atoms with van der Waals surface area (Å²) in [5.41, 5.74) is 8.88. The number of amides is 2. The van der Waals surface area contributed by atoms with Crippen LogP contribution < -0.4 is 25.6 Å². The number of piperazine rings is 1. The van der Waals surface area contributed by atoms with Crippen molar-refractivity contribution in [3.63, 3.8) is 0 Å². The first-order valence-electron chi connectivity index (χ1n) is 11.6. The van der Waals surface area contributed by atoms with Crippen molar-refractivity contribution in [2.45, 2.75) is 13.3 Å². The number of carbonyl (C=O) groups excluding carboxylic acids is 2. The first-order valence-corrected chi connectivity index (χ1v) is 11.6. The summed E-state index contributed by atoms with van der Waals surface area (Å²) in [7, 11) is 3.72. The van der Waals surface area contributed by atoms with E-state index in [1.807, 2.05) is 48.5 Å². The number of allylic oxidation sites excluding steroid dienone is 1. The molecule has 0 aromatic heterocycles. The third kappa shape index (κ3) is 6.83. The van der Waals surface area contributed by atoms with Gasteiger partial charge in [0.2, 0.25) is 6.41 Å². The van der Waals surface area contributed by atoms with Crippen LogP contribution >= 0.6 is 0 Å². The molecule has 0 saturated carbocycles. The molecule has 1 saturated heterocycles. The Hall–Kier alpha value is -3.85. The van der Waals surface area contributed by atoms with Gasteiger partial charge in [-0.3, -0.25) is 15.0 Å². The number of primary amides is 1. The van der Waals surface area contributed by atoms with E-state index in [0.717, 1.165) is 55.4 Å². The van der Waals surface area contributed by atoms with Gasteiger partial charge in [0.1, 0.15) is 11.5 Å². The molecular weight excluding hydrogens is 444 g/mol. The third-order valence-corrected chi connectivity index (χ3v) is 6.20. The number of likely N-dealkylation sites (N-methyl/N-ethyl adjacent to an activating group) is 1. The van der Waals surface area contributed by atoms with Crippen molar-refractivity contribution in [2.75, 3.05) is 62.0 Å². The van der Waals surface area contributed by atoms with E-state index >= 15 is 0 Å². The first-order chi connectivity index (χ1) is 16.8. The molecule has 0 atom stereocenters. The normalized spacial score (nSPS) is 14.7. The molecular formula is C26H34N6O3. The van der Waals surface area contributed by atoms with Crippen molar-refractivity contribution in [3.05, 3.63) is 59.8 Å². The average Bonchev–Trinajstić information content (AvgIpc) is 2.87. The van der Waals surface area contributed by atoms with Crippen LogP contribution in [0.4, 0.5) is 17.1 Å². The molecule has 0 unspecified atom stereocenters. The molecule has 2 aromatic carbocycles. The second-order valence-corrected chi connectivity index (χ2v) is 8.55. The Kier molecular flexibility index (Phi) is 8.86. The minimum atomic E-state index is -0.815. The van der Waals surface area contributed by atoms with Crippen molar-refractivity contribution in [3.8, 4) is 5.75 Å². The van der Waals surface area contributed by atoms with Crippen LogP contribution in [0.5, 0.6) is 5.75 Å². The minimum absolute atomic E-state index is 0.278. The van der Waals surface area contributed by atoms with Crippen LogP contribution in [0, 0.1) is 5.41 Å². The zero-order valence-electron chi connectivity index (χ0n) is 20.6. The van der Waals surface area contributed by atoms with E-state index in [1.165, 1.54) is 0 Å². The van der Waals surface area contributed by atoms with Crippen LogP contribution in [0.2, 0.25) is 0 Å². The molecule has 1 aliphatic heterocycles. The molecule has 0 aliphatic carbocycles. The maximum absolute atomic E-state index is 11.9. The van der Waals surface area contributed by atoms with Gasteiger partial charge < -0.3 is 30.5 Å². The lowest BCUT2D eigenvalue weighted by atomic mass is 10.0. The van der Waals surface area contributed by atoms with Gasteiger partial charge in [0.15, 0.2) is 0 Å². The monoisotopic (exact) mass is 478 g/mol. The number of benzene rings is 2. The molecule has 3 rings (SSSR count). The van der Waals surface area contributed by atoms with E-state index in [0.29, 0.717) is 17.8 Å². The lowest BCUT2D eigenvalue weighted by molar-refractivity contribution is -0.112. The van der Waals surface area contributed by atoms with Crippen molar-refractivity contribution < 1.29 is 14.3 Å². The predicted octanol–water partition coefficient (Wildman–Crippen LogP) is 2.69. The summed E-state index contributed by atoms with van der Waals surface area (Å²) in [5, 5.41) is 11.4. The molecule has 35 heavy (non-hydrogen) atoms. The average molecular weight is 479 g/mol. The minimum Gasteiger partial charge on any atom is -0.497 e. The van der Waals surface area contributed by atoms with Crippen LogP contribution in [0.25, 0.3) is 0 Å². The quantitative estimate of drug-likeness (QED) is 0.338. The summed E-state index contributed by atoms with van der Waals surface area (Å²) in [4.78, 5) is 29.9. The van der Waals surface area contributed by atoms with Crippen molar-refractivity contribution >= 4 is 35.1 Å². The van der Waals surface area contributed by atoms with Crippen LogP contribution in [0.15, 0.2) is 59.8 Å². The molecule has 2 aromatic rings. The van der Waals surface area contributed by atoms with E-state index in [-0.39, 0.29) is 12.1 Å². The second-order valence-electron chi connectivity index (χ2n) is 8.55. The number of nitrogens with one attached hydrogen (secondary N) is 2. The molecule has 186 valence electrons. The van der Waals surface area contributed by atoms with Gasteiger partial charge in [0.05, 0.1) is 7.11 Å². The predicted molar refractivity (Wildman–Crippen MR) is 140 cm³/mol. The highest BCUT2D eigenvalue weighted by Gasteiger charge is 2.18. The largest absolute Gasteiger partial charge is 0.497 e. The van der Waals surface area contributed by atoms with E-state index in [1.54, 1.807) is 18.9 Å². The summed E-state index contributed by atoms with van der Waals surface area (Å²) >= 11 is 0.